The monoisotopic (exact) mass is 196 g/mol. The first-order valence-electron chi connectivity index (χ1n) is 6.09. The highest BCUT2D eigenvalue weighted by atomic mass is 15.4. The molecule has 2 nitrogen and oxygen atoms in total. The van der Waals surface area contributed by atoms with Crippen molar-refractivity contribution in [3.8, 4) is 0 Å². The third-order valence-corrected chi connectivity index (χ3v) is 3.63. The Morgan fingerprint density at radius 2 is 1.93 bits per heavy atom. The first-order chi connectivity index (χ1) is 6.59. The highest BCUT2D eigenvalue weighted by Gasteiger charge is 2.47. The molecule has 82 valence electrons. The summed E-state index contributed by atoms with van der Waals surface area (Å²) in [6.07, 6.45) is 2.22. The summed E-state index contributed by atoms with van der Waals surface area (Å²) in [5.74, 6) is 1.79. The number of nitrogens with zero attached hydrogens (tertiary/aromatic N) is 2. The maximum atomic E-state index is 2.69. The molecule has 0 aromatic rings. The summed E-state index contributed by atoms with van der Waals surface area (Å²) in [6.45, 7) is 13.2. The summed E-state index contributed by atoms with van der Waals surface area (Å²) in [5, 5.41) is 0. The molecular weight excluding hydrogens is 172 g/mol. The van der Waals surface area contributed by atoms with Gasteiger partial charge < -0.3 is 0 Å². The van der Waals surface area contributed by atoms with Gasteiger partial charge in [-0.15, -0.1) is 0 Å². The highest BCUT2D eigenvalue weighted by Crippen LogP contribution is 2.37. The number of likely N-dealkylation sites (tertiary alicyclic amines) is 2. The number of fused-ring (bicyclic) bond motifs is 1. The molecule has 0 radical (unpaired) electrons. The molecule has 0 aromatic carbocycles. The van der Waals surface area contributed by atoms with Crippen molar-refractivity contribution in [3.63, 3.8) is 0 Å². The summed E-state index contributed by atoms with van der Waals surface area (Å²) in [6, 6.07) is 0.726. The second kappa shape index (κ2) is 3.82. The van der Waals surface area contributed by atoms with Crippen LogP contribution >= 0.6 is 0 Å². The lowest BCUT2D eigenvalue weighted by atomic mass is 9.93. The normalized spacial score (nSPS) is 33.9. The van der Waals surface area contributed by atoms with E-state index < -0.39 is 0 Å². The molecule has 2 heteroatoms. The predicted octanol–water partition coefficient (Wildman–Crippen LogP) is 2.01. The molecule has 0 saturated carbocycles. The van der Waals surface area contributed by atoms with Gasteiger partial charge in [0.15, 0.2) is 0 Å². The zero-order valence-corrected chi connectivity index (χ0v) is 10.0. The van der Waals surface area contributed by atoms with E-state index >= 15 is 0 Å². The van der Waals surface area contributed by atoms with Gasteiger partial charge in [-0.25, -0.2) is 0 Å². The zero-order valence-electron chi connectivity index (χ0n) is 10.0. The molecule has 2 saturated heterocycles. The SMILES string of the molecule is CC(C)CN1CCC2CN(C(C)C)C21. The minimum atomic E-state index is 0.726. The Bertz CT molecular complexity index is 200. The molecule has 0 aromatic heterocycles. The number of hydrogen-bond donors (Lipinski definition) is 0. The Labute approximate surface area is 88.3 Å². The van der Waals surface area contributed by atoms with Crippen molar-refractivity contribution in [1.82, 2.24) is 9.80 Å². The maximum Gasteiger partial charge on any atom is 0.0666 e. The van der Waals surface area contributed by atoms with E-state index in [4.69, 9.17) is 0 Å². The van der Waals surface area contributed by atoms with Gasteiger partial charge in [0.1, 0.15) is 0 Å². The van der Waals surface area contributed by atoms with Crippen LogP contribution < -0.4 is 0 Å². The van der Waals surface area contributed by atoms with E-state index in [9.17, 15) is 0 Å². The molecular formula is C12H24N2. The van der Waals surface area contributed by atoms with Gasteiger partial charge in [-0.3, -0.25) is 9.80 Å². The quantitative estimate of drug-likeness (QED) is 0.681. The molecule has 2 heterocycles. The van der Waals surface area contributed by atoms with Crippen LogP contribution in [0.1, 0.15) is 34.1 Å². The highest BCUT2D eigenvalue weighted by molar-refractivity contribution is 4.98. The van der Waals surface area contributed by atoms with E-state index in [1.54, 1.807) is 0 Å². The fraction of sp³-hybridized carbons (Fsp3) is 1.00. The van der Waals surface area contributed by atoms with E-state index in [1.165, 1.54) is 26.1 Å². The van der Waals surface area contributed by atoms with Gasteiger partial charge in [0.25, 0.3) is 0 Å². The van der Waals surface area contributed by atoms with Crippen molar-refractivity contribution in [2.75, 3.05) is 19.6 Å². The smallest absolute Gasteiger partial charge is 0.0666 e. The Morgan fingerprint density at radius 3 is 2.50 bits per heavy atom. The summed E-state index contributed by atoms with van der Waals surface area (Å²) < 4.78 is 0. The predicted molar refractivity (Wildman–Crippen MR) is 60.1 cm³/mol. The van der Waals surface area contributed by atoms with Crippen LogP contribution in [0.25, 0.3) is 0 Å². The van der Waals surface area contributed by atoms with Crippen molar-refractivity contribution in [2.45, 2.75) is 46.3 Å². The van der Waals surface area contributed by atoms with Gasteiger partial charge >= 0.3 is 0 Å². The van der Waals surface area contributed by atoms with Crippen molar-refractivity contribution in [3.05, 3.63) is 0 Å². The van der Waals surface area contributed by atoms with Gasteiger partial charge in [0, 0.05) is 31.6 Å². The minimum Gasteiger partial charge on any atom is -0.287 e. The summed E-state index contributed by atoms with van der Waals surface area (Å²) in [4.78, 5) is 5.35. The second-order valence-corrected chi connectivity index (χ2v) is 5.64. The Kier molecular flexibility index (Phi) is 2.85. The van der Waals surface area contributed by atoms with Gasteiger partial charge in [-0.05, 0) is 26.2 Å². The van der Waals surface area contributed by atoms with Crippen LogP contribution in [0.3, 0.4) is 0 Å². The van der Waals surface area contributed by atoms with E-state index in [2.05, 4.69) is 37.5 Å². The topological polar surface area (TPSA) is 6.48 Å². The fourth-order valence-electron chi connectivity index (χ4n) is 3.00. The van der Waals surface area contributed by atoms with Crippen molar-refractivity contribution in [2.24, 2.45) is 11.8 Å². The lowest BCUT2D eigenvalue weighted by Gasteiger charge is -2.50. The van der Waals surface area contributed by atoms with Crippen LogP contribution in [0, 0.1) is 11.8 Å². The third-order valence-electron chi connectivity index (χ3n) is 3.63. The summed E-state index contributed by atoms with van der Waals surface area (Å²) >= 11 is 0. The fourth-order valence-corrected chi connectivity index (χ4v) is 3.00. The first kappa shape index (κ1) is 10.4. The molecule has 2 fully saturated rings. The average molecular weight is 196 g/mol. The van der Waals surface area contributed by atoms with Crippen molar-refractivity contribution >= 4 is 0 Å². The van der Waals surface area contributed by atoms with Crippen LogP contribution in [0.15, 0.2) is 0 Å². The Morgan fingerprint density at radius 1 is 1.21 bits per heavy atom. The lowest BCUT2D eigenvalue weighted by Crippen LogP contribution is -2.62. The van der Waals surface area contributed by atoms with E-state index in [0.717, 1.165) is 24.0 Å². The van der Waals surface area contributed by atoms with Crippen LogP contribution in [-0.4, -0.2) is 41.6 Å². The van der Waals surface area contributed by atoms with Crippen LogP contribution in [0.5, 0.6) is 0 Å². The average Bonchev–Trinajstić information content (AvgIpc) is 2.25. The lowest BCUT2D eigenvalue weighted by molar-refractivity contribution is -0.0667. The van der Waals surface area contributed by atoms with Crippen LogP contribution in [0.2, 0.25) is 0 Å². The van der Waals surface area contributed by atoms with Crippen LogP contribution in [0.4, 0.5) is 0 Å². The number of rotatable bonds is 3. The second-order valence-electron chi connectivity index (χ2n) is 5.64. The minimum absolute atomic E-state index is 0.726. The van der Waals surface area contributed by atoms with Gasteiger partial charge in [-0.1, -0.05) is 13.8 Å². The van der Waals surface area contributed by atoms with Crippen molar-refractivity contribution < 1.29 is 0 Å². The Balaban J connectivity index is 1.94. The number of hydrogen-bond acceptors (Lipinski definition) is 2. The van der Waals surface area contributed by atoms with Crippen LogP contribution in [-0.2, 0) is 0 Å². The van der Waals surface area contributed by atoms with Gasteiger partial charge in [-0.2, -0.15) is 0 Å². The molecule has 2 aliphatic rings. The first-order valence-corrected chi connectivity index (χ1v) is 6.09. The maximum absolute atomic E-state index is 2.69. The molecule has 2 unspecified atom stereocenters. The Hall–Kier alpha value is -0.0800. The molecule has 2 atom stereocenters. The van der Waals surface area contributed by atoms with Crippen molar-refractivity contribution in [1.29, 1.82) is 0 Å². The molecule has 2 rings (SSSR count). The molecule has 0 aliphatic carbocycles. The molecule has 0 bridgehead atoms. The molecule has 0 N–H and O–H groups in total. The molecule has 2 aliphatic heterocycles. The summed E-state index contributed by atoms with van der Waals surface area (Å²) in [7, 11) is 0. The molecule has 14 heavy (non-hydrogen) atoms. The molecule has 0 spiro atoms. The van der Waals surface area contributed by atoms with E-state index in [1.807, 2.05) is 0 Å². The van der Waals surface area contributed by atoms with Gasteiger partial charge in [0.05, 0.1) is 6.17 Å². The van der Waals surface area contributed by atoms with Gasteiger partial charge in [0.2, 0.25) is 0 Å². The molecule has 0 amide bonds. The summed E-state index contributed by atoms with van der Waals surface area (Å²) in [5.41, 5.74) is 0. The third kappa shape index (κ3) is 1.70. The largest absolute Gasteiger partial charge is 0.287 e. The van der Waals surface area contributed by atoms with E-state index in [-0.39, 0.29) is 0 Å². The zero-order chi connectivity index (χ0) is 10.3. The standard InChI is InChI=1S/C12H24N2/c1-9(2)7-13-6-5-11-8-14(10(3)4)12(11)13/h9-12H,5-8H2,1-4H3. The van der Waals surface area contributed by atoms with E-state index in [0.29, 0.717) is 0 Å².